The zero-order chi connectivity index (χ0) is 24.1. The van der Waals surface area contributed by atoms with Gasteiger partial charge in [0.05, 0.1) is 6.54 Å². The van der Waals surface area contributed by atoms with E-state index < -0.39 is 47.4 Å². The summed E-state index contributed by atoms with van der Waals surface area (Å²) in [4.78, 5) is 19.0. The van der Waals surface area contributed by atoms with Crippen LogP contribution < -0.4 is 0 Å². The number of nitrogens with zero attached hydrogens (tertiary/aromatic N) is 3. The number of allylic oxidation sites excluding steroid dienone is 2. The third kappa shape index (κ3) is 4.45. The Labute approximate surface area is 193 Å². The second-order valence-electron chi connectivity index (χ2n) is 7.23. The minimum Gasteiger partial charge on any atom is -0.477 e. The van der Waals surface area contributed by atoms with E-state index in [0.29, 0.717) is 0 Å². The summed E-state index contributed by atoms with van der Waals surface area (Å²) in [5, 5.41) is 9.90. The van der Waals surface area contributed by atoms with Crippen molar-refractivity contribution in [2.75, 3.05) is 0 Å². The van der Waals surface area contributed by atoms with E-state index in [-0.39, 0.29) is 33.2 Å². The lowest BCUT2D eigenvalue weighted by Gasteiger charge is -2.15. The first-order valence-corrected chi connectivity index (χ1v) is 10.0. The van der Waals surface area contributed by atoms with Crippen LogP contribution in [0.4, 0.5) is 22.0 Å². The van der Waals surface area contributed by atoms with Gasteiger partial charge >= 0.3 is 12.1 Å². The van der Waals surface area contributed by atoms with E-state index in [1.807, 2.05) is 0 Å². The Bertz CT molecular complexity index is 1300. The van der Waals surface area contributed by atoms with Crippen LogP contribution in [0, 0.1) is 0 Å². The number of carboxylic acids is 1. The van der Waals surface area contributed by atoms with E-state index in [1.165, 1.54) is 24.3 Å². The fourth-order valence-corrected chi connectivity index (χ4v) is 3.68. The zero-order valence-electron chi connectivity index (χ0n) is 16.3. The summed E-state index contributed by atoms with van der Waals surface area (Å²) in [6, 6.07) is 5.14. The number of alkyl halides is 5. The molecule has 0 aliphatic heterocycles. The van der Waals surface area contributed by atoms with Crippen LogP contribution in [0.2, 0.25) is 10.0 Å². The third-order valence-corrected chi connectivity index (χ3v) is 5.55. The molecular formula is C21H12Cl2F5N3O2. The SMILES string of the molecule is O=C(O)c1c(C(F)(F)F)nc(-c2cncc(C(F)(F)C3=CC3)c2)n1Cc1cc(Cl)ccc1Cl. The highest BCUT2D eigenvalue weighted by Gasteiger charge is 2.43. The summed E-state index contributed by atoms with van der Waals surface area (Å²) in [7, 11) is 0. The number of halogens is 7. The molecule has 2 heterocycles. The largest absolute Gasteiger partial charge is 0.477 e. The van der Waals surface area contributed by atoms with Crippen molar-refractivity contribution in [3.8, 4) is 11.4 Å². The van der Waals surface area contributed by atoms with Crippen molar-refractivity contribution in [2.24, 2.45) is 0 Å². The van der Waals surface area contributed by atoms with Gasteiger partial charge in [-0.25, -0.2) is 9.78 Å². The second-order valence-corrected chi connectivity index (χ2v) is 8.07. The number of hydrogen-bond acceptors (Lipinski definition) is 3. The monoisotopic (exact) mass is 503 g/mol. The van der Waals surface area contributed by atoms with Crippen molar-refractivity contribution in [3.05, 3.63) is 80.9 Å². The first kappa shape index (κ1) is 23.2. The fourth-order valence-electron chi connectivity index (χ4n) is 3.30. The van der Waals surface area contributed by atoms with E-state index in [1.54, 1.807) is 0 Å². The van der Waals surface area contributed by atoms with E-state index >= 15 is 0 Å². The quantitative estimate of drug-likeness (QED) is 0.310. The number of hydrogen-bond donors (Lipinski definition) is 1. The van der Waals surface area contributed by atoms with Gasteiger partial charge in [-0.05, 0) is 36.2 Å². The molecule has 12 heteroatoms. The van der Waals surface area contributed by atoms with Crippen LogP contribution in [-0.4, -0.2) is 25.6 Å². The molecule has 3 aromatic rings. The lowest BCUT2D eigenvalue weighted by Crippen LogP contribution is -2.17. The van der Waals surface area contributed by atoms with Crippen LogP contribution in [0.5, 0.6) is 0 Å². The topological polar surface area (TPSA) is 68.0 Å². The molecule has 0 amide bonds. The molecule has 1 aliphatic rings. The molecule has 172 valence electrons. The fraction of sp³-hybridized carbons (Fsp3) is 0.190. The van der Waals surface area contributed by atoms with Gasteiger partial charge in [0.15, 0.2) is 11.4 Å². The summed E-state index contributed by atoms with van der Waals surface area (Å²) in [5.74, 6) is -5.78. The highest BCUT2D eigenvalue weighted by atomic mass is 35.5. The summed E-state index contributed by atoms with van der Waals surface area (Å²) < 4.78 is 70.8. The van der Waals surface area contributed by atoms with E-state index in [9.17, 15) is 31.9 Å². The van der Waals surface area contributed by atoms with Gasteiger partial charge in [-0.15, -0.1) is 0 Å². The third-order valence-electron chi connectivity index (χ3n) is 4.95. The van der Waals surface area contributed by atoms with Crippen LogP contribution in [0.15, 0.2) is 48.3 Å². The van der Waals surface area contributed by atoms with Crippen LogP contribution in [0.1, 0.15) is 33.7 Å². The molecule has 0 saturated carbocycles. The molecule has 33 heavy (non-hydrogen) atoms. The number of rotatable bonds is 6. The van der Waals surface area contributed by atoms with Crippen molar-refractivity contribution in [3.63, 3.8) is 0 Å². The normalized spacial score (nSPS) is 13.7. The van der Waals surface area contributed by atoms with Crippen molar-refractivity contribution >= 4 is 29.2 Å². The average Bonchev–Trinajstić information content (AvgIpc) is 3.52. The molecule has 1 aromatic carbocycles. The number of imidazole rings is 1. The Kier molecular flexibility index (Phi) is 5.69. The molecule has 0 fully saturated rings. The standard InChI is InChI=1S/C21H12Cl2F5N3O2/c22-14-3-4-15(23)11(6-14)9-31-16(19(32)33)17(21(26,27)28)30-18(31)10-5-13(8-29-7-10)20(24,25)12-1-2-12/h1,3-8H,2,9H2,(H,32,33). The number of aromatic carboxylic acids is 1. The van der Waals surface area contributed by atoms with Crippen molar-refractivity contribution < 1.29 is 31.9 Å². The lowest BCUT2D eigenvalue weighted by molar-refractivity contribution is -0.141. The molecule has 4 rings (SSSR count). The summed E-state index contributed by atoms with van der Waals surface area (Å²) in [6.07, 6.45) is -1.77. The number of benzene rings is 1. The Balaban J connectivity index is 1.94. The van der Waals surface area contributed by atoms with Gasteiger partial charge < -0.3 is 9.67 Å². The predicted molar refractivity (Wildman–Crippen MR) is 110 cm³/mol. The minimum atomic E-state index is -5.13. The highest BCUT2D eigenvalue weighted by molar-refractivity contribution is 6.33. The maximum atomic E-state index is 14.5. The highest BCUT2D eigenvalue weighted by Crippen LogP contribution is 2.45. The number of aromatic nitrogens is 3. The molecule has 0 bridgehead atoms. The van der Waals surface area contributed by atoms with Crippen LogP contribution in [-0.2, 0) is 18.6 Å². The van der Waals surface area contributed by atoms with E-state index in [4.69, 9.17) is 23.2 Å². The van der Waals surface area contributed by atoms with Crippen LogP contribution in [0.3, 0.4) is 0 Å². The number of carboxylic acid groups (broad SMARTS) is 1. The molecule has 0 saturated heterocycles. The van der Waals surface area contributed by atoms with Gasteiger partial charge in [0.2, 0.25) is 0 Å². The molecule has 1 N–H and O–H groups in total. The number of carbonyl (C=O) groups is 1. The molecule has 2 aromatic heterocycles. The van der Waals surface area contributed by atoms with Gasteiger partial charge in [0.25, 0.3) is 5.92 Å². The van der Waals surface area contributed by atoms with E-state index in [0.717, 1.165) is 23.0 Å². The van der Waals surface area contributed by atoms with Gasteiger partial charge in [-0.3, -0.25) is 4.98 Å². The van der Waals surface area contributed by atoms with Gasteiger partial charge in [-0.2, -0.15) is 22.0 Å². The van der Waals surface area contributed by atoms with Crippen LogP contribution >= 0.6 is 23.2 Å². The van der Waals surface area contributed by atoms with Crippen molar-refractivity contribution in [1.29, 1.82) is 0 Å². The Morgan fingerprint density at radius 2 is 1.82 bits per heavy atom. The molecule has 0 unspecified atom stereocenters. The first-order valence-electron chi connectivity index (χ1n) is 9.27. The summed E-state index contributed by atoms with van der Waals surface area (Å²) >= 11 is 12.1. The summed E-state index contributed by atoms with van der Waals surface area (Å²) in [6.45, 7) is -0.467. The second kappa shape index (κ2) is 8.11. The van der Waals surface area contributed by atoms with E-state index in [2.05, 4.69) is 9.97 Å². The van der Waals surface area contributed by atoms with Crippen molar-refractivity contribution in [1.82, 2.24) is 14.5 Å². The maximum Gasteiger partial charge on any atom is 0.435 e. The lowest BCUT2D eigenvalue weighted by atomic mass is 10.1. The molecule has 5 nitrogen and oxygen atoms in total. The maximum absolute atomic E-state index is 14.5. The Hall–Kier alpha value is -2.98. The molecule has 0 atom stereocenters. The average molecular weight is 504 g/mol. The zero-order valence-corrected chi connectivity index (χ0v) is 17.8. The molecule has 1 aliphatic carbocycles. The molecule has 0 spiro atoms. The molecule has 0 radical (unpaired) electrons. The number of pyridine rings is 1. The minimum absolute atomic E-state index is 0.112. The predicted octanol–water partition coefficient (Wildman–Crippen LogP) is 6.44. The van der Waals surface area contributed by atoms with Crippen molar-refractivity contribution in [2.45, 2.75) is 25.1 Å². The van der Waals surface area contributed by atoms with Gasteiger partial charge in [0, 0.05) is 39.1 Å². The first-order chi connectivity index (χ1) is 15.4. The Morgan fingerprint density at radius 1 is 1.12 bits per heavy atom. The van der Waals surface area contributed by atoms with Crippen LogP contribution in [0.25, 0.3) is 11.4 Å². The van der Waals surface area contributed by atoms with Gasteiger partial charge in [-0.1, -0.05) is 29.3 Å². The van der Waals surface area contributed by atoms with Gasteiger partial charge in [0.1, 0.15) is 5.82 Å². The Morgan fingerprint density at radius 3 is 2.42 bits per heavy atom. The summed E-state index contributed by atoms with van der Waals surface area (Å²) in [5.41, 5.74) is -3.55. The molecular weight excluding hydrogens is 492 g/mol. The smallest absolute Gasteiger partial charge is 0.435 e.